The van der Waals surface area contributed by atoms with Crippen molar-refractivity contribution in [2.75, 3.05) is 4.72 Å². The molecule has 112 valence electrons. The highest BCUT2D eigenvalue weighted by Gasteiger charge is 2.18. The van der Waals surface area contributed by atoms with Gasteiger partial charge < -0.3 is 5.11 Å². The Morgan fingerprint density at radius 3 is 2.52 bits per heavy atom. The van der Waals surface area contributed by atoms with E-state index in [1.807, 2.05) is 0 Å². The van der Waals surface area contributed by atoms with Gasteiger partial charge in [0.15, 0.2) is 0 Å². The molecule has 2 N–H and O–H groups in total. The van der Waals surface area contributed by atoms with Crippen molar-refractivity contribution in [1.29, 1.82) is 0 Å². The maximum atomic E-state index is 13.5. The number of halogens is 2. The molecule has 0 spiro atoms. The van der Waals surface area contributed by atoms with Crippen LogP contribution in [0.15, 0.2) is 45.8 Å². The van der Waals surface area contributed by atoms with Gasteiger partial charge in [-0.05, 0) is 58.2 Å². The second-order valence-electron chi connectivity index (χ2n) is 4.49. The summed E-state index contributed by atoms with van der Waals surface area (Å²) in [7, 11) is -3.84. The highest BCUT2D eigenvalue weighted by molar-refractivity contribution is 9.10. The quantitative estimate of drug-likeness (QED) is 0.864. The zero-order valence-corrected chi connectivity index (χ0v) is 13.5. The van der Waals surface area contributed by atoms with E-state index in [2.05, 4.69) is 20.7 Å². The smallest absolute Gasteiger partial charge is 0.263 e. The van der Waals surface area contributed by atoms with Crippen LogP contribution in [-0.4, -0.2) is 13.5 Å². The van der Waals surface area contributed by atoms with Crippen LogP contribution in [0.1, 0.15) is 11.1 Å². The second kappa shape index (κ2) is 6.13. The minimum absolute atomic E-state index is 0.0145. The third-order valence-electron chi connectivity index (χ3n) is 2.89. The number of sulfonamides is 1. The van der Waals surface area contributed by atoms with E-state index in [0.29, 0.717) is 15.6 Å². The lowest BCUT2D eigenvalue weighted by atomic mass is 10.2. The molecule has 2 rings (SSSR count). The van der Waals surface area contributed by atoms with Crippen molar-refractivity contribution in [1.82, 2.24) is 0 Å². The zero-order valence-electron chi connectivity index (χ0n) is 11.1. The summed E-state index contributed by atoms with van der Waals surface area (Å²) in [6.07, 6.45) is 0. The van der Waals surface area contributed by atoms with E-state index >= 15 is 0 Å². The number of benzene rings is 2. The molecule has 0 saturated heterocycles. The summed E-state index contributed by atoms with van der Waals surface area (Å²) in [5.74, 6) is -0.482. The van der Waals surface area contributed by atoms with Crippen molar-refractivity contribution in [3.8, 4) is 0 Å². The Hall–Kier alpha value is -1.44. The lowest BCUT2D eigenvalue weighted by Crippen LogP contribution is -2.14. The van der Waals surface area contributed by atoms with Crippen molar-refractivity contribution in [2.45, 2.75) is 18.4 Å². The number of aryl methyl sites for hydroxylation is 1. The molecule has 0 fully saturated rings. The largest absolute Gasteiger partial charge is 0.392 e. The van der Waals surface area contributed by atoms with Crippen molar-refractivity contribution in [3.63, 3.8) is 0 Å². The first-order valence-corrected chi connectivity index (χ1v) is 8.29. The van der Waals surface area contributed by atoms with E-state index < -0.39 is 15.8 Å². The SMILES string of the molecule is Cc1ccc(NS(=O)(=O)c2ccc(CO)cc2Br)cc1F. The van der Waals surface area contributed by atoms with Gasteiger partial charge in [-0.25, -0.2) is 12.8 Å². The fourth-order valence-electron chi connectivity index (χ4n) is 1.73. The van der Waals surface area contributed by atoms with Gasteiger partial charge >= 0.3 is 0 Å². The summed E-state index contributed by atoms with van der Waals surface area (Å²) in [6, 6.07) is 8.52. The normalized spacial score (nSPS) is 11.4. The van der Waals surface area contributed by atoms with E-state index in [-0.39, 0.29) is 17.2 Å². The molecule has 0 bridgehead atoms. The van der Waals surface area contributed by atoms with Crippen LogP contribution < -0.4 is 4.72 Å². The highest BCUT2D eigenvalue weighted by Crippen LogP contribution is 2.26. The van der Waals surface area contributed by atoms with E-state index in [0.717, 1.165) is 6.07 Å². The lowest BCUT2D eigenvalue weighted by Gasteiger charge is -2.11. The molecule has 0 aliphatic carbocycles. The van der Waals surface area contributed by atoms with Gasteiger partial charge in [0.25, 0.3) is 10.0 Å². The fourth-order valence-corrected chi connectivity index (χ4v) is 3.90. The molecule has 0 heterocycles. The number of aliphatic hydroxyl groups is 1. The predicted molar refractivity (Wildman–Crippen MR) is 82.0 cm³/mol. The van der Waals surface area contributed by atoms with Crippen LogP contribution in [0.5, 0.6) is 0 Å². The Kier molecular flexibility index (Phi) is 4.65. The molecule has 21 heavy (non-hydrogen) atoms. The first-order chi connectivity index (χ1) is 9.83. The summed E-state index contributed by atoms with van der Waals surface area (Å²) < 4.78 is 40.7. The number of rotatable bonds is 4. The molecule has 0 aromatic heterocycles. The molecule has 0 unspecified atom stereocenters. The number of nitrogens with one attached hydrogen (secondary N) is 1. The number of hydrogen-bond acceptors (Lipinski definition) is 3. The molecule has 0 saturated carbocycles. The van der Waals surface area contributed by atoms with Crippen molar-refractivity contribution < 1.29 is 17.9 Å². The second-order valence-corrected chi connectivity index (χ2v) is 7.00. The molecule has 2 aromatic carbocycles. The van der Waals surface area contributed by atoms with Gasteiger partial charge in [0.2, 0.25) is 0 Å². The Balaban J connectivity index is 2.36. The van der Waals surface area contributed by atoms with Crippen LogP contribution >= 0.6 is 15.9 Å². The highest BCUT2D eigenvalue weighted by atomic mass is 79.9. The molecule has 0 atom stereocenters. The van der Waals surface area contributed by atoms with E-state index in [4.69, 9.17) is 5.11 Å². The first kappa shape index (κ1) is 15.9. The number of aliphatic hydroxyl groups excluding tert-OH is 1. The molecule has 2 aromatic rings. The van der Waals surface area contributed by atoms with Gasteiger partial charge in [-0.2, -0.15) is 0 Å². The predicted octanol–water partition coefficient (Wildman–Crippen LogP) is 3.19. The zero-order chi connectivity index (χ0) is 15.6. The Labute approximate surface area is 130 Å². The van der Waals surface area contributed by atoms with Gasteiger partial charge in [0, 0.05) is 4.47 Å². The van der Waals surface area contributed by atoms with Crippen LogP contribution in [0.4, 0.5) is 10.1 Å². The molecular formula is C14H13BrFNO3S. The standard InChI is InChI=1S/C14H13BrFNO3S/c1-9-2-4-11(7-13(9)16)17-21(19,20)14-5-3-10(8-18)6-12(14)15/h2-7,17-18H,8H2,1H3. The van der Waals surface area contributed by atoms with Crippen molar-refractivity contribution in [2.24, 2.45) is 0 Å². The molecule has 0 aliphatic rings. The van der Waals surface area contributed by atoms with Gasteiger partial charge in [0.05, 0.1) is 12.3 Å². The molecule has 0 amide bonds. The molecule has 4 nitrogen and oxygen atoms in total. The summed E-state index contributed by atoms with van der Waals surface area (Å²) in [4.78, 5) is 0.0145. The van der Waals surface area contributed by atoms with Crippen LogP contribution in [0.2, 0.25) is 0 Å². The summed E-state index contributed by atoms with van der Waals surface area (Å²) in [5, 5.41) is 9.02. The van der Waals surface area contributed by atoms with Gasteiger partial charge in [-0.1, -0.05) is 12.1 Å². The van der Waals surface area contributed by atoms with E-state index in [9.17, 15) is 12.8 Å². The third-order valence-corrected chi connectivity index (χ3v) is 5.25. The maximum Gasteiger partial charge on any atom is 0.263 e. The van der Waals surface area contributed by atoms with Gasteiger partial charge in [-0.15, -0.1) is 0 Å². The minimum Gasteiger partial charge on any atom is -0.392 e. The van der Waals surface area contributed by atoms with Gasteiger partial charge in [0.1, 0.15) is 10.7 Å². The van der Waals surface area contributed by atoms with Crippen LogP contribution in [0.25, 0.3) is 0 Å². The van der Waals surface area contributed by atoms with Crippen LogP contribution in [0.3, 0.4) is 0 Å². The molecule has 7 heteroatoms. The number of anilines is 1. The Morgan fingerprint density at radius 2 is 1.95 bits per heavy atom. The average Bonchev–Trinajstić information content (AvgIpc) is 2.42. The van der Waals surface area contributed by atoms with E-state index in [1.54, 1.807) is 6.92 Å². The average molecular weight is 374 g/mol. The number of hydrogen-bond donors (Lipinski definition) is 2. The van der Waals surface area contributed by atoms with E-state index in [1.165, 1.54) is 30.3 Å². The first-order valence-electron chi connectivity index (χ1n) is 6.02. The molecule has 0 radical (unpaired) electrons. The van der Waals surface area contributed by atoms with Crippen LogP contribution in [0, 0.1) is 12.7 Å². The summed E-state index contributed by atoms with van der Waals surface area (Å²) in [6.45, 7) is 1.41. The van der Waals surface area contributed by atoms with Crippen LogP contribution in [-0.2, 0) is 16.6 Å². The Morgan fingerprint density at radius 1 is 1.24 bits per heavy atom. The summed E-state index contributed by atoms with van der Waals surface area (Å²) in [5.41, 5.74) is 1.17. The van der Waals surface area contributed by atoms with Crippen molar-refractivity contribution in [3.05, 3.63) is 57.8 Å². The summed E-state index contributed by atoms with van der Waals surface area (Å²) >= 11 is 3.16. The third kappa shape index (κ3) is 3.61. The van der Waals surface area contributed by atoms with Gasteiger partial charge in [-0.3, -0.25) is 4.72 Å². The minimum atomic E-state index is -3.84. The maximum absolute atomic E-state index is 13.5. The molecule has 0 aliphatic heterocycles. The fraction of sp³-hybridized carbons (Fsp3) is 0.143. The topological polar surface area (TPSA) is 66.4 Å². The van der Waals surface area contributed by atoms with Crippen molar-refractivity contribution >= 4 is 31.6 Å². The molecular weight excluding hydrogens is 361 g/mol. The lowest BCUT2D eigenvalue weighted by molar-refractivity contribution is 0.281. The monoisotopic (exact) mass is 373 g/mol. The Bertz CT molecular complexity index is 778.